The second-order valence-corrected chi connectivity index (χ2v) is 4.16. The zero-order chi connectivity index (χ0) is 12.3. The molecule has 0 aliphatic rings. The molecule has 0 saturated carbocycles. The fraction of sp³-hybridized carbons (Fsp3) is 0.133. The number of hydrogen-bond acceptors (Lipinski definition) is 2. The van der Waals surface area contributed by atoms with Gasteiger partial charge < -0.3 is 5.32 Å². The molecular weight excluding hydrogens is 208 g/mol. The molecule has 0 aliphatic heterocycles. The molecule has 0 bridgehead atoms. The lowest BCUT2D eigenvalue weighted by atomic mass is 10.1. The highest BCUT2D eigenvalue weighted by atomic mass is 14.9. The predicted octanol–water partition coefficient (Wildman–Crippen LogP) is 3.92. The third-order valence-electron chi connectivity index (χ3n) is 2.59. The molecule has 17 heavy (non-hydrogen) atoms. The van der Waals surface area contributed by atoms with Crippen LogP contribution in [0, 0.1) is 25.2 Å². The van der Waals surface area contributed by atoms with Crippen molar-refractivity contribution in [3.8, 4) is 6.07 Å². The fourth-order valence-electron chi connectivity index (χ4n) is 1.74. The Bertz CT molecular complexity index is 580. The number of aryl methyl sites for hydroxylation is 2. The molecule has 0 heterocycles. The zero-order valence-electron chi connectivity index (χ0n) is 9.99. The predicted molar refractivity (Wildman–Crippen MR) is 70.4 cm³/mol. The van der Waals surface area contributed by atoms with Crippen molar-refractivity contribution in [1.82, 2.24) is 0 Å². The molecule has 2 rings (SSSR count). The SMILES string of the molecule is Cc1cccc(Nc2cc(C)ccc2C#N)c1. The summed E-state index contributed by atoms with van der Waals surface area (Å²) in [5, 5.41) is 12.3. The van der Waals surface area contributed by atoms with Gasteiger partial charge in [0, 0.05) is 5.69 Å². The lowest BCUT2D eigenvalue weighted by Crippen LogP contribution is -1.94. The Balaban J connectivity index is 2.36. The Morgan fingerprint density at radius 1 is 1.00 bits per heavy atom. The summed E-state index contributed by atoms with van der Waals surface area (Å²) in [6.45, 7) is 4.06. The third-order valence-corrected chi connectivity index (χ3v) is 2.59. The van der Waals surface area contributed by atoms with E-state index in [1.807, 2.05) is 50.2 Å². The van der Waals surface area contributed by atoms with Gasteiger partial charge in [-0.25, -0.2) is 0 Å². The standard InChI is InChI=1S/C15H14N2/c1-11-4-3-5-14(8-11)17-15-9-12(2)6-7-13(15)10-16/h3-9,17H,1-2H3. The van der Waals surface area contributed by atoms with Crippen LogP contribution in [0.1, 0.15) is 16.7 Å². The molecule has 0 atom stereocenters. The van der Waals surface area contributed by atoms with Crippen LogP contribution in [-0.2, 0) is 0 Å². The monoisotopic (exact) mass is 222 g/mol. The van der Waals surface area contributed by atoms with Gasteiger partial charge in [0.1, 0.15) is 6.07 Å². The summed E-state index contributed by atoms with van der Waals surface area (Å²) in [5.41, 5.74) is 4.86. The summed E-state index contributed by atoms with van der Waals surface area (Å²) in [6, 6.07) is 16.1. The maximum atomic E-state index is 9.05. The molecule has 0 radical (unpaired) electrons. The van der Waals surface area contributed by atoms with Crippen molar-refractivity contribution in [3.05, 3.63) is 59.2 Å². The summed E-state index contributed by atoms with van der Waals surface area (Å²) in [7, 11) is 0. The number of anilines is 2. The molecular formula is C15H14N2. The number of rotatable bonds is 2. The maximum Gasteiger partial charge on any atom is 0.101 e. The maximum absolute atomic E-state index is 9.05. The van der Waals surface area contributed by atoms with E-state index in [1.165, 1.54) is 5.56 Å². The molecule has 0 amide bonds. The van der Waals surface area contributed by atoms with Crippen LogP contribution in [-0.4, -0.2) is 0 Å². The van der Waals surface area contributed by atoms with Crippen LogP contribution in [0.2, 0.25) is 0 Å². The van der Waals surface area contributed by atoms with E-state index in [2.05, 4.69) is 17.5 Å². The minimum Gasteiger partial charge on any atom is -0.354 e. The van der Waals surface area contributed by atoms with Crippen molar-refractivity contribution in [1.29, 1.82) is 5.26 Å². The molecule has 2 aromatic carbocycles. The van der Waals surface area contributed by atoms with E-state index in [-0.39, 0.29) is 0 Å². The van der Waals surface area contributed by atoms with E-state index in [1.54, 1.807) is 0 Å². The third kappa shape index (κ3) is 2.64. The van der Waals surface area contributed by atoms with Crippen molar-refractivity contribution >= 4 is 11.4 Å². The van der Waals surface area contributed by atoms with Crippen LogP contribution in [0.4, 0.5) is 11.4 Å². The van der Waals surface area contributed by atoms with Gasteiger partial charge in [-0.3, -0.25) is 0 Å². The molecule has 0 unspecified atom stereocenters. The van der Waals surface area contributed by atoms with E-state index in [0.717, 1.165) is 16.9 Å². The summed E-state index contributed by atoms with van der Waals surface area (Å²) in [5.74, 6) is 0. The highest BCUT2D eigenvalue weighted by Gasteiger charge is 2.02. The first kappa shape index (κ1) is 11.2. The minimum atomic E-state index is 0.664. The van der Waals surface area contributed by atoms with Crippen LogP contribution >= 0.6 is 0 Å². The molecule has 2 aromatic rings. The number of benzene rings is 2. The molecule has 0 aromatic heterocycles. The Hall–Kier alpha value is -2.27. The average molecular weight is 222 g/mol. The van der Waals surface area contributed by atoms with Gasteiger partial charge in [-0.2, -0.15) is 5.26 Å². The highest BCUT2D eigenvalue weighted by molar-refractivity contribution is 5.67. The molecule has 2 nitrogen and oxygen atoms in total. The van der Waals surface area contributed by atoms with E-state index in [9.17, 15) is 0 Å². The fourth-order valence-corrected chi connectivity index (χ4v) is 1.74. The first-order valence-electron chi connectivity index (χ1n) is 5.53. The van der Waals surface area contributed by atoms with E-state index in [0.29, 0.717) is 5.56 Å². The number of nitriles is 1. The number of nitrogens with one attached hydrogen (secondary N) is 1. The largest absolute Gasteiger partial charge is 0.354 e. The second kappa shape index (κ2) is 4.71. The van der Waals surface area contributed by atoms with Gasteiger partial charge in [0.2, 0.25) is 0 Å². The van der Waals surface area contributed by atoms with E-state index < -0.39 is 0 Å². The first-order chi connectivity index (χ1) is 8.19. The molecule has 1 N–H and O–H groups in total. The average Bonchev–Trinajstić information content (AvgIpc) is 2.29. The topological polar surface area (TPSA) is 35.8 Å². The van der Waals surface area contributed by atoms with E-state index in [4.69, 9.17) is 5.26 Å². The van der Waals surface area contributed by atoms with Crippen molar-refractivity contribution in [2.75, 3.05) is 5.32 Å². The van der Waals surface area contributed by atoms with Gasteiger partial charge in [-0.05, 0) is 49.2 Å². The van der Waals surface area contributed by atoms with Crippen LogP contribution in [0.5, 0.6) is 0 Å². The first-order valence-corrected chi connectivity index (χ1v) is 5.53. The Morgan fingerprint density at radius 3 is 2.47 bits per heavy atom. The van der Waals surface area contributed by atoms with Crippen molar-refractivity contribution < 1.29 is 0 Å². The van der Waals surface area contributed by atoms with Gasteiger partial charge in [-0.1, -0.05) is 18.2 Å². The van der Waals surface area contributed by atoms with E-state index >= 15 is 0 Å². The smallest absolute Gasteiger partial charge is 0.101 e. The highest BCUT2D eigenvalue weighted by Crippen LogP contribution is 2.22. The summed E-state index contributed by atoms with van der Waals surface area (Å²) >= 11 is 0. The van der Waals surface area contributed by atoms with Crippen LogP contribution in [0.15, 0.2) is 42.5 Å². The molecule has 0 fully saturated rings. The lowest BCUT2D eigenvalue weighted by molar-refractivity contribution is 1.40. The normalized spacial score (nSPS) is 9.71. The van der Waals surface area contributed by atoms with Crippen molar-refractivity contribution in [2.45, 2.75) is 13.8 Å². The van der Waals surface area contributed by atoms with Crippen molar-refractivity contribution in [2.24, 2.45) is 0 Å². The van der Waals surface area contributed by atoms with Crippen LogP contribution in [0.25, 0.3) is 0 Å². The van der Waals surface area contributed by atoms with Gasteiger partial charge in [0.15, 0.2) is 0 Å². The summed E-state index contributed by atoms with van der Waals surface area (Å²) in [6.07, 6.45) is 0. The van der Waals surface area contributed by atoms with Crippen LogP contribution in [0.3, 0.4) is 0 Å². The Kier molecular flexibility index (Phi) is 3.11. The van der Waals surface area contributed by atoms with Gasteiger partial charge in [-0.15, -0.1) is 0 Å². The van der Waals surface area contributed by atoms with Gasteiger partial charge >= 0.3 is 0 Å². The molecule has 0 aliphatic carbocycles. The van der Waals surface area contributed by atoms with Gasteiger partial charge in [0.05, 0.1) is 11.3 Å². The zero-order valence-corrected chi connectivity index (χ0v) is 9.99. The van der Waals surface area contributed by atoms with Gasteiger partial charge in [0.25, 0.3) is 0 Å². The summed E-state index contributed by atoms with van der Waals surface area (Å²) in [4.78, 5) is 0. The molecule has 0 spiro atoms. The molecule has 84 valence electrons. The minimum absolute atomic E-state index is 0.664. The number of hydrogen-bond donors (Lipinski definition) is 1. The second-order valence-electron chi connectivity index (χ2n) is 4.16. The van der Waals surface area contributed by atoms with Crippen LogP contribution < -0.4 is 5.32 Å². The summed E-state index contributed by atoms with van der Waals surface area (Å²) < 4.78 is 0. The quantitative estimate of drug-likeness (QED) is 0.836. The number of nitrogens with zero attached hydrogens (tertiary/aromatic N) is 1. The van der Waals surface area contributed by atoms with Crippen molar-refractivity contribution in [3.63, 3.8) is 0 Å². The Morgan fingerprint density at radius 2 is 1.76 bits per heavy atom. The lowest BCUT2D eigenvalue weighted by Gasteiger charge is -2.09. The molecule has 0 saturated heterocycles. The molecule has 2 heteroatoms. The Labute approximate surface area is 102 Å².